The number of aliphatic hydroxyl groups is 1. The van der Waals surface area contributed by atoms with E-state index in [0.717, 1.165) is 44.9 Å². The molecule has 0 amide bonds. The molecule has 0 aliphatic heterocycles. The molecular formula is C31H39F3O2. The van der Waals surface area contributed by atoms with Gasteiger partial charge in [-0.05, 0) is 118 Å². The first-order chi connectivity index (χ1) is 17.5. The quantitative estimate of drug-likeness (QED) is 0.262. The molecule has 2 saturated carbocycles. The number of aliphatic hydroxyl groups excluding tert-OH is 1. The molecule has 2 aromatic rings. The van der Waals surface area contributed by atoms with Crippen LogP contribution < -0.4 is 4.74 Å². The van der Waals surface area contributed by atoms with E-state index in [4.69, 9.17) is 4.74 Å². The number of unbranched alkanes of at least 4 members (excludes halogenated alkanes) is 1. The minimum atomic E-state index is -0.695. The summed E-state index contributed by atoms with van der Waals surface area (Å²) >= 11 is 0. The fourth-order valence-corrected chi connectivity index (χ4v) is 5.96. The monoisotopic (exact) mass is 500 g/mol. The van der Waals surface area contributed by atoms with Crippen molar-refractivity contribution in [1.82, 2.24) is 0 Å². The average Bonchev–Trinajstić information content (AvgIpc) is 2.89. The second-order valence-electron chi connectivity index (χ2n) is 10.7. The summed E-state index contributed by atoms with van der Waals surface area (Å²) in [6, 6.07) is 8.69. The number of allylic oxidation sites excluding steroid dienone is 1. The number of rotatable bonds is 10. The third kappa shape index (κ3) is 6.73. The van der Waals surface area contributed by atoms with Crippen molar-refractivity contribution in [3.8, 4) is 5.75 Å². The lowest BCUT2D eigenvalue weighted by molar-refractivity contribution is 0.122. The average molecular weight is 501 g/mol. The van der Waals surface area contributed by atoms with Gasteiger partial charge in [0.2, 0.25) is 0 Å². The third-order valence-corrected chi connectivity index (χ3v) is 8.23. The van der Waals surface area contributed by atoms with Crippen molar-refractivity contribution < 1.29 is 23.0 Å². The van der Waals surface area contributed by atoms with Crippen LogP contribution in [0, 0.1) is 23.4 Å². The van der Waals surface area contributed by atoms with Gasteiger partial charge in [-0.3, -0.25) is 0 Å². The summed E-state index contributed by atoms with van der Waals surface area (Å²) in [5, 5.41) is 9.71. The van der Waals surface area contributed by atoms with Gasteiger partial charge in [0.05, 0.1) is 12.7 Å². The minimum Gasteiger partial charge on any atom is -0.493 e. The molecule has 2 fully saturated rings. The number of aryl methyl sites for hydroxylation is 1. The zero-order valence-corrected chi connectivity index (χ0v) is 21.2. The van der Waals surface area contributed by atoms with E-state index in [1.54, 1.807) is 12.1 Å². The molecule has 0 unspecified atom stereocenters. The fraction of sp³-hybridized carbons (Fsp3) is 0.548. The van der Waals surface area contributed by atoms with E-state index in [1.165, 1.54) is 6.07 Å². The molecule has 0 heterocycles. The Morgan fingerprint density at radius 1 is 0.861 bits per heavy atom. The maximum atomic E-state index is 15.1. The normalized spacial score (nSPS) is 24.4. The van der Waals surface area contributed by atoms with Gasteiger partial charge in [0.1, 0.15) is 11.6 Å². The van der Waals surface area contributed by atoms with E-state index in [9.17, 15) is 13.9 Å². The molecule has 0 bridgehead atoms. The molecule has 2 aromatic carbocycles. The Kier molecular flexibility index (Phi) is 9.53. The van der Waals surface area contributed by atoms with Gasteiger partial charge < -0.3 is 9.84 Å². The van der Waals surface area contributed by atoms with Gasteiger partial charge in [0, 0.05) is 6.07 Å². The SMILES string of the molecule is C=CCCCOc1ccc(CCC2CCC(c3ccc(C4CCC(O)CC4)c(F)c3F)CC2)c(F)c1. The van der Waals surface area contributed by atoms with Crippen LogP contribution in [0.25, 0.3) is 0 Å². The van der Waals surface area contributed by atoms with Crippen molar-refractivity contribution in [1.29, 1.82) is 0 Å². The summed E-state index contributed by atoms with van der Waals surface area (Å²) in [5.74, 6) is -0.553. The summed E-state index contributed by atoms with van der Waals surface area (Å²) in [6.07, 6.45) is 11.1. The van der Waals surface area contributed by atoms with Gasteiger partial charge in [-0.15, -0.1) is 6.58 Å². The third-order valence-electron chi connectivity index (χ3n) is 8.23. The zero-order valence-electron chi connectivity index (χ0n) is 21.2. The highest BCUT2D eigenvalue weighted by atomic mass is 19.2. The van der Waals surface area contributed by atoms with Crippen LogP contribution in [0.15, 0.2) is 43.0 Å². The first-order valence-electron chi connectivity index (χ1n) is 13.6. The summed E-state index contributed by atoms with van der Waals surface area (Å²) in [6.45, 7) is 4.23. The van der Waals surface area contributed by atoms with E-state index in [1.807, 2.05) is 18.2 Å². The molecule has 196 valence electrons. The van der Waals surface area contributed by atoms with Crippen LogP contribution in [0.3, 0.4) is 0 Å². The molecule has 2 aliphatic carbocycles. The number of ether oxygens (including phenoxy) is 1. The van der Waals surface area contributed by atoms with Crippen LogP contribution in [0.5, 0.6) is 5.75 Å². The van der Waals surface area contributed by atoms with Gasteiger partial charge in [-0.1, -0.05) is 24.3 Å². The van der Waals surface area contributed by atoms with Crippen molar-refractivity contribution >= 4 is 0 Å². The lowest BCUT2D eigenvalue weighted by Gasteiger charge is -2.30. The Labute approximate surface area is 213 Å². The Bertz CT molecular complexity index is 1010. The molecule has 0 aromatic heterocycles. The minimum absolute atomic E-state index is 0.00836. The molecule has 4 rings (SSSR count). The number of hydrogen-bond acceptors (Lipinski definition) is 2. The van der Waals surface area contributed by atoms with E-state index in [2.05, 4.69) is 6.58 Å². The van der Waals surface area contributed by atoms with Crippen molar-refractivity contribution in [3.05, 3.63) is 77.1 Å². The van der Waals surface area contributed by atoms with Crippen LogP contribution in [-0.2, 0) is 6.42 Å². The van der Waals surface area contributed by atoms with E-state index < -0.39 is 11.6 Å². The van der Waals surface area contributed by atoms with Crippen molar-refractivity contribution in [2.45, 2.75) is 95.0 Å². The highest BCUT2D eigenvalue weighted by Crippen LogP contribution is 2.41. The van der Waals surface area contributed by atoms with Crippen LogP contribution in [0.2, 0.25) is 0 Å². The van der Waals surface area contributed by atoms with Crippen LogP contribution in [0.4, 0.5) is 13.2 Å². The predicted octanol–water partition coefficient (Wildman–Crippen LogP) is 8.37. The Morgan fingerprint density at radius 3 is 2.06 bits per heavy atom. The molecule has 0 saturated heterocycles. The number of benzene rings is 2. The lowest BCUT2D eigenvalue weighted by atomic mass is 9.76. The predicted molar refractivity (Wildman–Crippen MR) is 138 cm³/mol. The van der Waals surface area contributed by atoms with Crippen LogP contribution >= 0.6 is 0 Å². The molecule has 1 N–H and O–H groups in total. The van der Waals surface area contributed by atoms with Gasteiger partial charge in [0.25, 0.3) is 0 Å². The first-order valence-corrected chi connectivity index (χ1v) is 13.6. The summed E-state index contributed by atoms with van der Waals surface area (Å²) < 4.78 is 50.2. The highest BCUT2D eigenvalue weighted by Gasteiger charge is 2.29. The Hall–Kier alpha value is -2.27. The van der Waals surface area contributed by atoms with Gasteiger partial charge in [-0.2, -0.15) is 0 Å². The molecule has 2 aliphatic rings. The van der Waals surface area contributed by atoms with Crippen LogP contribution in [0.1, 0.15) is 99.2 Å². The molecule has 0 atom stereocenters. The molecule has 0 radical (unpaired) electrons. The molecule has 0 spiro atoms. The molecule has 2 nitrogen and oxygen atoms in total. The maximum Gasteiger partial charge on any atom is 0.162 e. The summed E-state index contributed by atoms with van der Waals surface area (Å²) in [7, 11) is 0. The second kappa shape index (κ2) is 12.8. The van der Waals surface area contributed by atoms with Gasteiger partial charge >= 0.3 is 0 Å². The Morgan fingerprint density at radius 2 is 1.47 bits per heavy atom. The first kappa shape index (κ1) is 26.8. The summed E-state index contributed by atoms with van der Waals surface area (Å²) in [4.78, 5) is 0. The fourth-order valence-electron chi connectivity index (χ4n) is 5.96. The van der Waals surface area contributed by atoms with Crippen molar-refractivity contribution in [2.75, 3.05) is 6.61 Å². The topological polar surface area (TPSA) is 29.5 Å². The standard InChI is InChI=1S/C31H39F3O2/c1-2-3-4-19-36-26-16-13-24(29(32)20-26)10-7-21-5-8-22(9-6-21)27-17-18-28(31(34)30(27)33)23-11-14-25(35)15-12-23/h2,13,16-18,20-23,25,35H,1,3-12,14-15,19H2. The summed E-state index contributed by atoms with van der Waals surface area (Å²) in [5.41, 5.74) is 1.67. The lowest BCUT2D eigenvalue weighted by Crippen LogP contribution is -2.19. The maximum absolute atomic E-state index is 15.1. The molecule has 36 heavy (non-hydrogen) atoms. The van der Waals surface area contributed by atoms with E-state index in [-0.39, 0.29) is 23.8 Å². The smallest absolute Gasteiger partial charge is 0.162 e. The molecule has 5 heteroatoms. The zero-order chi connectivity index (χ0) is 25.5. The van der Waals surface area contributed by atoms with E-state index in [0.29, 0.717) is 67.1 Å². The van der Waals surface area contributed by atoms with E-state index >= 15 is 4.39 Å². The highest BCUT2D eigenvalue weighted by molar-refractivity contribution is 5.32. The Balaban J connectivity index is 1.27. The van der Waals surface area contributed by atoms with Gasteiger partial charge in [-0.25, -0.2) is 13.2 Å². The van der Waals surface area contributed by atoms with Crippen molar-refractivity contribution in [2.24, 2.45) is 5.92 Å². The van der Waals surface area contributed by atoms with Crippen molar-refractivity contribution in [3.63, 3.8) is 0 Å². The van der Waals surface area contributed by atoms with Gasteiger partial charge in [0.15, 0.2) is 11.6 Å². The number of halogens is 3. The molecular weight excluding hydrogens is 461 g/mol. The van der Waals surface area contributed by atoms with Crippen LogP contribution in [-0.4, -0.2) is 17.8 Å². The number of hydrogen-bond donors (Lipinski definition) is 1. The largest absolute Gasteiger partial charge is 0.493 e. The second-order valence-corrected chi connectivity index (χ2v) is 10.7.